The van der Waals surface area contributed by atoms with E-state index in [1.54, 1.807) is 0 Å². The van der Waals surface area contributed by atoms with Gasteiger partial charge in [0.15, 0.2) is 11.5 Å². The monoisotopic (exact) mass is 301 g/mol. The third-order valence-corrected chi connectivity index (χ3v) is 4.44. The Kier molecular flexibility index (Phi) is 4.07. The van der Waals surface area contributed by atoms with E-state index in [2.05, 4.69) is 47.6 Å². The lowest BCUT2D eigenvalue weighted by molar-refractivity contribution is 0.170. The van der Waals surface area contributed by atoms with Crippen LogP contribution < -0.4 is 9.47 Å². The van der Waals surface area contributed by atoms with Gasteiger partial charge in [0.25, 0.3) is 0 Å². The molecule has 1 aliphatic heterocycles. The first-order chi connectivity index (χ1) is 10.6. The van der Waals surface area contributed by atoms with Crippen LogP contribution in [0.1, 0.15) is 30.0 Å². The van der Waals surface area contributed by atoms with E-state index in [0.29, 0.717) is 13.2 Å². The van der Waals surface area contributed by atoms with Gasteiger partial charge in [-0.1, -0.05) is 6.07 Å². The van der Waals surface area contributed by atoms with Gasteiger partial charge in [0, 0.05) is 25.8 Å². The van der Waals surface area contributed by atoms with Gasteiger partial charge < -0.3 is 14.0 Å². The van der Waals surface area contributed by atoms with Gasteiger partial charge in [0.2, 0.25) is 0 Å². The summed E-state index contributed by atoms with van der Waals surface area (Å²) in [6.07, 6.45) is 1.95. The van der Waals surface area contributed by atoms with Gasteiger partial charge in [-0.15, -0.1) is 0 Å². The highest BCUT2D eigenvalue weighted by Crippen LogP contribution is 2.34. The number of aromatic nitrogens is 2. The quantitative estimate of drug-likeness (QED) is 0.870. The third kappa shape index (κ3) is 2.81. The zero-order valence-electron chi connectivity index (χ0n) is 13.7. The molecule has 1 atom stereocenters. The van der Waals surface area contributed by atoms with E-state index in [1.165, 1.54) is 11.3 Å². The second kappa shape index (κ2) is 6.01. The highest BCUT2D eigenvalue weighted by Gasteiger charge is 2.18. The normalized spacial score (nSPS) is 15.1. The molecule has 0 aliphatic carbocycles. The number of hydrogen-bond acceptors (Lipinski definition) is 4. The Balaban J connectivity index is 1.75. The van der Waals surface area contributed by atoms with E-state index < -0.39 is 0 Å². The third-order valence-electron chi connectivity index (χ3n) is 4.44. The lowest BCUT2D eigenvalue weighted by Gasteiger charge is -2.26. The molecule has 1 aliphatic rings. The summed E-state index contributed by atoms with van der Waals surface area (Å²) < 4.78 is 13.4. The standard InChI is InChI=1S/C17H23N3O2/c1-12(19(3)11-15-10-18-13(2)20(15)4)14-5-6-16-17(9-14)22-8-7-21-16/h5-6,9-10,12H,7-8,11H2,1-4H3. The van der Waals surface area contributed by atoms with E-state index in [1.807, 2.05) is 19.2 Å². The second-order valence-electron chi connectivity index (χ2n) is 5.85. The zero-order valence-corrected chi connectivity index (χ0v) is 13.7. The average Bonchev–Trinajstić information content (AvgIpc) is 2.85. The van der Waals surface area contributed by atoms with Crippen LogP contribution in [0.25, 0.3) is 0 Å². The van der Waals surface area contributed by atoms with Crippen molar-refractivity contribution in [2.45, 2.75) is 26.4 Å². The fraction of sp³-hybridized carbons (Fsp3) is 0.471. The van der Waals surface area contributed by atoms with Gasteiger partial charge in [-0.25, -0.2) is 4.98 Å². The summed E-state index contributed by atoms with van der Waals surface area (Å²) in [5, 5.41) is 0. The number of fused-ring (bicyclic) bond motifs is 1. The van der Waals surface area contributed by atoms with Gasteiger partial charge >= 0.3 is 0 Å². The molecule has 1 unspecified atom stereocenters. The Morgan fingerprint density at radius 2 is 2.00 bits per heavy atom. The van der Waals surface area contributed by atoms with Gasteiger partial charge in [-0.3, -0.25) is 4.90 Å². The molecule has 1 aromatic carbocycles. The molecule has 1 aromatic heterocycles. The van der Waals surface area contributed by atoms with Crippen molar-refractivity contribution in [2.75, 3.05) is 20.3 Å². The first kappa shape index (κ1) is 14.9. The molecule has 2 heterocycles. The van der Waals surface area contributed by atoms with Crippen molar-refractivity contribution in [3.63, 3.8) is 0 Å². The molecule has 0 radical (unpaired) electrons. The predicted molar refractivity (Wildman–Crippen MR) is 85.3 cm³/mol. The van der Waals surface area contributed by atoms with Crippen LogP contribution in [-0.2, 0) is 13.6 Å². The van der Waals surface area contributed by atoms with Gasteiger partial charge in [0.05, 0.1) is 5.69 Å². The molecule has 5 nitrogen and oxygen atoms in total. The zero-order chi connectivity index (χ0) is 15.7. The summed E-state index contributed by atoms with van der Waals surface area (Å²) in [5.74, 6) is 2.72. The molecule has 118 valence electrons. The molecule has 22 heavy (non-hydrogen) atoms. The van der Waals surface area contributed by atoms with E-state index in [9.17, 15) is 0 Å². The minimum Gasteiger partial charge on any atom is -0.486 e. The van der Waals surface area contributed by atoms with Crippen molar-refractivity contribution >= 4 is 0 Å². The SMILES string of the molecule is Cc1ncc(CN(C)C(C)c2ccc3c(c2)OCCO3)n1C. The van der Waals surface area contributed by atoms with Gasteiger partial charge in [-0.2, -0.15) is 0 Å². The summed E-state index contributed by atoms with van der Waals surface area (Å²) in [7, 11) is 4.18. The molecule has 0 bridgehead atoms. The van der Waals surface area contributed by atoms with E-state index in [4.69, 9.17) is 9.47 Å². The molecule has 0 spiro atoms. The lowest BCUT2D eigenvalue weighted by Crippen LogP contribution is -2.23. The number of imidazole rings is 1. The fourth-order valence-electron chi connectivity index (χ4n) is 2.66. The molecule has 5 heteroatoms. The Hall–Kier alpha value is -2.01. The molecular formula is C17H23N3O2. The van der Waals surface area contributed by atoms with Crippen LogP contribution in [0.3, 0.4) is 0 Å². The maximum absolute atomic E-state index is 5.68. The molecule has 2 aromatic rings. The molecule has 3 rings (SSSR count). The molecule has 0 amide bonds. The first-order valence-corrected chi connectivity index (χ1v) is 7.63. The highest BCUT2D eigenvalue weighted by molar-refractivity contribution is 5.44. The summed E-state index contributed by atoms with van der Waals surface area (Å²) in [6.45, 7) is 6.33. The van der Waals surface area contributed by atoms with Crippen LogP contribution in [0.4, 0.5) is 0 Å². The molecule has 0 saturated carbocycles. The van der Waals surface area contributed by atoms with Crippen molar-refractivity contribution < 1.29 is 9.47 Å². The van der Waals surface area contributed by atoms with Crippen LogP contribution in [0.2, 0.25) is 0 Å². The Morgan fingerprint density at radius 3 is 2.68 bits per heavy atom. The smallest absolute Gasteiger partial charge is 0.161 e. The number of hydrogen-bond donors (Lipinski definition) is 0. The number of aryl methyl sites for hydroxylation is 1. The second-order valence-corrected chi connectivity index (χ2v) is 5.85. The van der Waals surface area contributed by atoms with Crippen LogP contribution in [0.5, 0.6) is 11.5 Å². The van der Waals surface area contributed by atoms with E-state index >= 15 is 0 Å². The summed E-state index contributed by atoms with van der Waals surface area (Å²) in [4.78, 5) is 6.67. The summed E-state index contributed by atoms with van der Waals surface area (Å²) in [6, 6.07) is 6.49. The molecule has 0 N–H and O–H groups in total. The van der Waals surface area contributed by atoms with Crippen molar-refractivity contribution in [2.24, 2.45) is 7.05 Å². The van der Waals surface area contributed by atoms with Crippen molar-refractivity contribution in [1.82, 2.24) is 14.5 Å². The minimum atomic E-state index is 0.283. The average molecular weight is 301 g/mol. The Bertz CT molecular complexity index is 666. The number of rotatable bonds is 4. The summed E-state index contributed by atoms with van der Waals surface area (Å²) >= 11 is 0. The van der Waals surface area contributed by atoms with Crippen LogP contribution in [0, 0.1) is 6.92 Å². The molecular weight excluding hydrogens is 278 g/mol. The molecule has 0 saturated heterocycles. The Morgan fingerprint density at radius 1 is 1.27 bits per heavy atom. The van der Waals surface area contributed by atoms with Crippen LogP contribution in [0.15, 0.2) is 24.4 Å². The number of nitrogens with zero attached hydrogens (tertiary/aromatic N) is 3. The predicted octanol–water partition coefficient (Wildman–Crippen LogP) is 2.69. The minimum absolute atomic E-state index is 0.283. The maximum Gasteiger partial charge on any atom is 0.161 e. The topological polar surface area (TPSA) is 39.5 Å². The first-order valence-electron chi connectivity index (χ1n) is 7.63. The lowest BCUT2D eigenvalue weighted by atomic mass is 10.1. The van der Waals surface area contributed by atoms with Crippen LogP contribution >= 0.6 is 0 Å². The van der Waals surface area contributed by atoms with Crippen molar-refractivity contribution in [3.05, 3.63) is 41.5 Å². The highest BCUT2D eigenvalue weighted by atomic mass is 16.6. The van der Waals surface area contributed by atoms with Gasteiger partial charge in [0.1, 0.15) is 19.0 Å². The van der Waals surface area contributed by atoms with E-state index in [-0.39, 0.29) is 6.04 Å². The maximum atomic E-state index is 5.68. The largest absolute Gasteiger partial charge is 0.486 e. The molecule has 0 fully saturated rings. The van der Waals surface area contributed by atoms with Crippen LogP contribution in [-0.4, -0.2) is 34.7 Å². The van der Waals surface area contributed by atoms with Crippen molar-refractivity contribution in [3.8, 4) is 11.5 Å². The summed E-state index contributed by atoms with van der Waals surface area (Å²) in [5.41, 5.74) is 2.44. The Labute approximate surface area is 131 Å². The number of ether oxygens (including phenoxy) is 2. The van der Waals surface area contributed by atoms with E-state index in [0.717, 1.165) is 23.9 Å². The fourth-order valence-corrected chi connectivity index (χ4v) is 2.66. The van der Waals surface area contributed by atoms with Gasteiger partial charge in [-0.05, 0) is 38.6 Å². The number of benzene rings is 1. The van der Waals surface area contributed by atoms with Crippen molar-refractivity contribution in [1.29, 1.82) is 0 Å².